The molecule has 0 aliphatic rings. The highest BCUT2D eigenvalue weighted by atomic mass is 79.9. The smallest absolute Gasteiger partial charge is 0.163 e. The highest BCUT2D eigenvalue weighted by Gasteiger charge is 2.14. The number of halogens is 2. The van der Waals surface area contributed by atoms with Gasteiger partial charge in [-0.1, -0.05) is 44.0 Å². The van der Waals surface area contributed by atoms with Crippen molar-refractivity contribution >= 4 is 33.3 Å². The predicted octanol–water partition coefficient (Wildman–Crippen LogP) is 5.33. The molecule has 0 atom stereocenters. The van der Waals surface area contributed by atoms with Crippen molar-refractivity contribution in [2.45, 2.75) is 33.1 Å². The van der Waals surface area contributed by atoms with Crippen molar-refractivity contribution in [1.29, 1.82) is 0 Å². The third-order valence-electron chi connectivity index (χ3n) is 3.06. The molecule has 1 N–H and O–H groups in total. The zero-order valence-corrected chi connectivity index (χ0v) is 14.6. The van der Waals surface area contributed by atoms with E-state index >= 15 is 0 Å². The monoisotopic (exact) mass is 367 g/mol. The van der Waals surface area contributed by atoms with Crippen LogP contribution in [0.3, 0.4) is 0 Å². The van der Waals surface area contributed by atoms with Crippen molar-refractivity contribution < 1.29 is 0 Å². The first-order valence-corrected chi connectivity index (χ1v) is 8.39. The first kappa shape index (κ1) is 16.2. The maximum atomic E-state index is 6.27. The summed E-state index contributed by atoms with van der Waals surface area (Å²) in [6.45, 7) is 5.15. The molecule has 0 radical (unpaired) electrons. The van der Waals surface area contributed by atoms with Gasteiger partial charge in [-0.2, -0.15) is 0 Å². The molecule has 0 fully saturated rings. The highest BCUT2D eigenvalue weighted by molar-refractivity contribution is 9.10. The van der Waals surface area contributed by atoms with E-state index in [-0.39, 0.29) is 0 Å². The summed E-state index contributed by atoms with van der Waals surface area (Å²) < 4.78 is 0.952. The van der Waals surface area contributed by atoms with Gasteiger partial charge < -0.3 is 5.32 Å². The first-order chi connectivity index (χ1) is 10.2. The van der Waals surface area contributed by atoms with Crippen molar-refractivity contribution in [3.8, 4) is 11.4 Å². The largest absolute Gasteiger partial charge is 0.369 e. The summed E-state index contributed by atoms with van der Waals surface area (Å²) in [6, 6.07) is 7.67. The maximum absolute atomic E-state index is 6.27. The van der Waals surface area contributed by atoms with Crippen LogP contribution in [0.5, 0.6) is 0 Å². The van der Waals surface area contributed by atoms with Crippen LogP contribution in [0.1, 0.15) is 32.4 Å². The number of hydrogen-bond acceptors (Lipinski definition) is 3. The van der Waals surface area contributed by atoms with Crippen molar-refractivity contribution in [3.05, 3.63) is 39.5 Å². The van der Waals surface area contributed by atoms with Crippen LogP contribution in [0.4, 0.5) is 5.82 Å². The zero-order chi connectivity index (χ0) is 15.2. The summed E-state index contributed by atoms with van der Waals surface area (Å²) in [6.07, 6.45) is 2.98. The van der Waals surface area contributed by atoms with Crippen LogP contribution in [0, 0.1) is 0 Å². The van der Waals surface area contributed by atoms with Gasteiger partial charge in [-0.3, -0.25) is 0 Å². The molecule has 0 bridgehead atoms. The van der Waals surface area contributed by atoms with Crippen LogP contribution < -0.4 is 5.32 Å². The van der Waals surface area contributed by atoms with Crippen molar-refractivity contribution in [2.75, 3.05) is 11.9 Å². The Kier molecular flexibility index (Phi) is 6.00. The fourth-order valence-electron chi connectivity index (χ4n) is 2.02. The lowest BCUT2D eigenvalue weighted by atomic mass is 10.2. The number of nitrogens with zero attached hydrogens (tertiary/aromatic N) is 2. The molecule has 2 aromatic rings. The summed E-state index contributed by atoms with van der Waals surface area (Å²) in [5, 5.41) is 4.02. The van der Waals surface area contributed by atoms with Gasteiger partial charge in [-0.15, -0.1) is 0 Å². The van der Waals surface area contributed by atoms with Gasteiger partial charge in [0.1, 0.15) is 5.82 Å². The maximum Gasteiger partial charge on any atom is 0.163 e. The minimum absolute atomic E-state index is 0.670. The van der Waals surface area contributed by atoms with Gasteiger partial charge in [-0.25, -0.2) is 9.97 Å². The number of rotatable bonds is 6. The van der Waals surface area contributed by atoms with Crippen molar-refractivity contribution in [2.24, 2.45) is 0 Å². The molecule has 0 aliphatic heterocycles. The quantitative estimate of drug-likeness (QED) is 0.748. The molecule has 0 unspecified atom stereocenters. The zero-order valence-electron chi connectivity index (χ0n) is 12.3. The van der Waals surface area contributed by atoms with E-state index in [1.165, 1.54) is 0 Å². The summed E-state index contributed by atoms with van der Waals surface area (Å²) in [5.74, 6) is 1.51. The summed E-state index contributed by atoms with van der Waals surface area (Å²) in [7, 11) is 0. The molecule has 0 saturated carbocycles. The molecule has 3 nitrogen and oxygen atoms in total. The first-order valence-electron chi connectivity index (χ1n) is 7.22. The Morgan fingerprint density at radius 1 is 1.14 bits per heavy atom. The Morgan fingerprint density at radius 2 is 1.90 bits per heavy atom. The molecule has 0 saturated heterocycles. The van der Waals surface area contributed by atoms with Crippen LogP contribution in [-0.4, -0.2) is 16.5 Å². The Morgan fingerprint density at radius 3 is 2.57 bits per heavy atom. The van der Waals surface area contributed by atoms with Crippen molar-refractivity contribution in [1.82, 2.24) is 9.97 Å². The molecule has 1 aromatic heterocycles. The summed E-state index contributed by atoms with van der Waals surface area (Å²) >= 11 is 9.89. The number of aromatic nitrogens is 2. The Balaban J connectivity index is 2.50. The van der Waals surface area contributed by atoms with E-state index in [0.29, 0.717) is 10.8 Å². The fourth-order valence-corrected chi connectivity index (χ4v) is 2.76. The predicted molar refractivity (Wildman–Crippen MR) is 93.0 cm³/mol. The van der Waals surface area contributed by atoms with Crippen molar-refractivity contribution in [3.63, 3.8) is 0 Å². The van der Waals surface area contributed by atoms with E-state index in [2.05, 4.69) is 45.1 Å². The molecule has 21 heavy (non-hydrogen) atoms. The minimum Gasteiger partial charge on any atom is -0.369 e. The molecule has 1 heterocycles. The number of anilines is 1. The Hall–Kier alpha value is -1.13. The lowest BCUT2D eigenvalue weighted by Crippen LogP contribution is -2.07. The standard InChI is InChI=1S/C16H19BrClN3/c1-3-7-13-14(17)16(19-10-4-2)21-15(20-13)11-8-5-6-9-12(11)18/h5-6,8-9H,3-4,7,10H2,1-2H3,(H,19,20,21). The summed E-state index contributed by atoms with van der Waals surface area (Å²) in [5.41, 5.74) is 1.88. The SMILES string of the molecule is CCCNc1nc(-c2ccccc2Cl)nc(CCC)c1Br. The second kappa shape index (κ2) is 7.76. The van der Waals surface area contributed by atoms with Crippen LogP contribution in [0.15, 0.2) is 28.7 Å². The van der Waals surface area contributed by atoms with Gasteiger partial charge in [0.05, 0.1) is 15.2 Å². The van der Waals surface area contributed by atoms with Gasteiger partial charge in [0.25, 0.3) is 0 Å². The normalized spacial score (nSPS) is 10.7. The van der Waals surface area contributed by atoms with Gasteiger partial charge in [0.2, 0.25) is 0 Å². The Labute approximate surface area is 139 Å². The molecule has 1 aromatic carbocycles. The Bertz CT molecular complexity index is 616. The molecule has 0 amide bonds. The van der Waals surface area contributed by atoms with E-state index < -0.39 is 0 Å². The lowest BCUT2D eigenvalue weighted by Gasteiger charge is -2.13. The molecule has 5 heteroatoms. The number of nitrogens with one attached hydrogen (secondary N) is 1. The topological polar surface area (TPSA) is 37.8 Å². The average Bonchev–Trinajstić information content (AvgIpc) is 2.49. The van der Waals surface area contributed by atoms with Gasteiger partial charge >= 0.3 is 0 Å². The van der Waals surface area contributed by atoms with E-state index in [1.807, 2.05) is 24.3 Å². The molecule has 0 aliphatic carbocycles. The van der Waals surface area contributed by atoms with E-state index in [0.717, 1.165) is 47.4 Å². The average molecular weight is 369 g/mol. The van der Waals surface area contributed by atoms with E-state index in [9.17, 15) is 0 Å². The highest BCUT2D eigenvalue weighted by Crippen LogP contribution is 2.31. The fraction of sp³-hybridized carbons (Fsp3) is 0.375. The van der Waals surface area contributed by atoms with Crippen LogP contribution in [-0.2, 0) is 6.42 Å². The van der Waals surface area contributed by atoms with Crippen LogP contribution in [0.2, 0.25) is 5.02 Å². The van der Waals surface area contributed by atoms with Gasteiger partial charge in [0.15, 0.2) is 5.82 Å². The van der Waals surface area contributed by atoms with E-state index in [4.69, 9.17) is 11.6 Å². The molecular formula is C16H19BrClN3. The number of hydrogen-bond donors (Lipinski definition) is 1. The number of benzene rings is 1. The van der Waals surface area contributed by atoms with Crippen LogP contribution >= 0.6 is 27.5 Å². The number of aryl methyl sites for hydroxylation is 1. The molecule has 2 rings (SSSR count). The second-order valence-corrected chi connectivity index (χ2v) is 6.01. The van der Waals surface area contributed by atoms with Gasteiger partial charge in [0, 0.05) is 12.1 Å². The van der Waals surface area contributed by atoms with E-state index in [1.54, 1.807) is 0 Å². The second-order valence-electron chi connectivity index (χ2n) is 4.81. The van der Waals surface area contributed by atoms with Gasteiger partial charge in [-0.05, 0) is 40.9 Å². The minimum atomic E-state index is 0.670. The molecule has 112 valence electrons. The molecule has 0 spiro atoms. The van der Waals surface area contributed by atoms with Crippen LogP contribution in [0.25, 0.3) is 11.4 Å². The third-order valence-corrected chi connectivity index (χ3v) is 4.23. The third kappa shape index (κ3) is 3.95. The molecular weight excluding hydrogens is 350 g/mol. The summed E-state index contributed by atoms with van der Waals surface area (Å²) in [4.78, 5) is 9.31. The lowest BCUT2D eigenvalue weighted by molar-refractivity contribution is 0.865.